The van der Waals surface area contributed by atoms with Crippen LogP contribution in [0.15, 0.2) is 24.3 Å². The average molecular weight is 215 g/mol. The molecule has 82 valence electrons. The lowest BCUT2D eigenvalue weighted by atomic mass is 9.79. The highest BCUT2D eigenvalue weighted by Crippen LogP contribution is 2.28. The summed E-state index contributed by atoms with van der Waals surface area (Å²) in [6.45, 7) is -4.17. The highest BCUT2D eigenvalue weighted by molar-refractivity contribution is 6.73. The summed E-state index contributed by atoms with van der Waals surface area (Å²) in [5, 5.41) is 0. The van der Waals surface area contributed by atoms with Gasteiger partial charge in [-0.3, -0.25) is 0 Å². The van der Waals surface area contributed by atoms with Crippen LogP contribution in [-0.4, -0.2) is 13.6 Å². The van der Waals surface area contributed by atoms with Crippen LogP contribution >= 0.6 is 0 Å². The molecule has 2 rings (SSSR count). The largest absolute Gasteiger partial charge is 0.509 e. The first kappa shape index (κ1) is 10.5. The van der Waals surface area contributed by atoms with Crippen LogP contribution < -0.4 is 5.46 Å². The summed E-state index contributed by atoms with van der Waals surface area (Å²) in [5.41, 5.74) is 0.299. The van der Waals surface area contributed by atoms with Gasteiger partial charge in [-0.15, -0.1) is 5.46 Å². The first-order valence-electron chi connectivity index (χ1n) is 4.99. The van der Waals surface area contributed by atoms with Crippen LogP contribution in [0.3, 0.4) is 0 Å². The monoisotopic (exact) mass is 215 g/mol. The maximum absolute atomic E-state index is 12.3. The molecule has 1 unspecified atom stereocenters. The second-order valence-corrected chi connectivity index (χ2v) is 3.74. The Bertz CT molecular complexity index is 328. The fourth-order valence-corrected chi connectivity index (χ4v) is 1.77. The number of hydrogen-bond acceptors (Lipinski definition) is 1. The van der Waals surface area contributed by atoms with Crippen molar-refractivity contribution >= 4 is 12.4 Å². The SMILES string of the molecule is F[B-](F)(F)c1ccc(C2CCCO2)cc1. The van der Waals surface area contributed by atoms with Crippen molar-refractivity contribution in [3.63, 3.8) is 0 Å². The Morgan fingerprint density at radius 2 is 1.80 bits per heavy atom. The van der Waals surface area contributed by atoms with E-state index in [9.17, 15) is 12.9 Å². The molecule has 0 aliphatic carbocycles. The molecule has 0 aromatic heterocycles. The van der Waals surface area contributed by atoms with Gasteiger partial charge in [-0.2, -0.15) is 0 Å². The molecule has 0 radical (unpaired) electrons. The minimum absolute atomic E-state index is 0.0141. The molecular weight excluding hydrogens is 204 g/mol. The normalized spacial score (nSPS) is 21.9. The second kappa shape index (κ2) is 3.89. The van der Waals surface area contributed by atoms with E-state index in [0.717, 1.165) is 30.5 Å². The predicted octanol–water partition coefficient (Wildman–Crippen LogP) is 2.59. The van der Waals surface area contributed by atoms with Gasteiger partial charge in [0, 0.05) is 6.61 Å². The van der Waals surface area contributed by atoms with Crippen LogP contribution in [0, 0.1) is 0 Å². The van der Waals surface area contributed by atoms with Crippen molar-refractivity contribution in [2.24, 2.45) is 0 Å². The summed E-state index contributed by atoms with van der Waals surface area (Å²) in [6, 6.07) is 5.30. The number of benzene rings is 1. The third-order valence-corrected chi connectivity index (χ3v) is 2.62. The molecule has 1 heterocycles. The van der Waals surface area contributed by atoms with E-state index in [1.165, 1.54) is 12.1 Å². The molecule has 0 saturated carbocycles. The van der Waals surface area contributed by atoms with Gasteiger partial charge in [-0.1, -0.05) is 24.3 Å². The topological polar surface area (TPSA) is 9.23 Å². The number of rotatable bonds is 2. The number of ether oxygens (including phenoxy) is 1. The van der Waals surface area contributed by atoms with E-state index in [4.69, 9.17) is 4.74 Å². The lowest BCUT2D eigenvalue weighted by Gasteiger charge is -2.16. The van der Waals surface area contributed by atoms with Crippen LogP contribution in [0.1, 0.15) is 24.5 Å². The maximum atomic E-state index is 12.3. The van der Waals surface area contributed by atoms with Gasteiger partial charge >= 0.3 is 6.98 Å². The summed E-state index contributed by atoms with van der Waals surface area (Å²) >= 11 is 0. The third-order valence-electron chi connectivity index (χ3n) is 2.62. The summed E-state index contributed by atoms with van der Waals surface area (Å²) in [7, 11) is 0. The fourth-order valence-electron chi connectivity index (χ4n) is 1.77. The zero-order chi connectivity index (χ0) is 10.9. The molecular formula is C10H11BF3O-. The minimum Gasteiger partial charge on any atom is -0.445 e. The highest BCUT2D eigenvalue weighted by Gasteiger charge is 2.25. The molecule has 0 spiro atoms. The molecule has 0 bridgehead atoms. The zero-order valence-electron chi connectivity index (χ0n) is 8.13. The molecule has 1 atom stereocenters. The fraction of sp³-hybridized carbons (Fsp3) is 0.400. The summed E-state index contributed by atoms with van der Waals surface area (Å²) in [5.74, 6) is 0. The highest BCUT2D eigenvalue weighted by atomic mass is 19.4. The molecule has 1 aliphatic heterocycles. The Morgan fingerprint density at radius 3 is 2.27 bits per heavy atom. The Kier molecular flexibility index (Phi) is 2.73. The Hall–Kier alpha value is -0.965. The second-order valence-electron chi connectivity index (χ2n) is 3.74. The van der Waals surface area contributed by atoms with Gasteiger partial charge in [0.1, 0.15) is 0 Å². The van der Waals surface area contributed by atoms with E-state index in [-0.39, 0.29) is 6.10 Å². The maximum Gasteiger partial charge on any atom is 0.509 e. The molecule has 1 nitrogen and oxygen atoms in total. The van der Waals surface area contributed by atoms with Gasteiger partial charge in [-0.25, -0.2) is 0 Å². The minimum atomic E-state index is -4.88. The summed E-state index contributed by atoms with van der Waals surface area (Å²) in [6.07, 6.45) is 1.87. The van der Waals surface area contributed by atoms with Crippen LogP contribution in [0.4, 0.5) is 12.9 Å². The van der Waals surface area contributed by atoms with Crippen LogP contribution in [0.5, 0.6) is 0 Å². The van der Waals surface area contributed by atoms with Crippen LogP contribution in [0.25, 0.3) is 0 Å². The standard InChI is InChI=1S/C10H11BF3O/c12-11(13,14)9-5-3-8(4-6-9)10-2-1-7-15-10/h3-6,10H,1-2,7H2/q-1. The lowest BCUT2D eigenvalue weighted by Crippen LogP contribution is -2.33. The van der Waals surface area contributed by atoms with Crippen molar-refractivity contribution in [3.05, 3.63) is 29.8 Å². The van der Waals surface area contributed by atoms with E-state index in [1.54, 1.807) is 0 Å². The Morgan fingerprint density at radius 1 is 1.13 bits per heavy atom. The van der Waals surface area contributed by atoms with Crippen molar-refractivity contribution in [1.82, 2.24) is 0 Å². The molecule has 0 N–H and O–H groups in total. The quantitative estimate of drug-likeness (QED) is 0.689. The van der Waals surface area contributed by atoms with Gasteiger partial charge < -0.3 is 17.7 Å². The van der Waals surface area contributed by atoms with Crippen molar-refractivity contribution < 1.29 is 17.7 Å². The van der Waals surface area contributed by atoms with E-state index in [0.29, 0.717) is 6.61 Å². The first-order valence-corrected chi connectivity index (χ1v) is 4.99. The number of halogens is 3. The van der Waals surface area contributed by atoms with Gasteiger partial charge in [0.15, 0.2) is 0 Å². The Labute approximate surface area is 86.3 Å². The Balaban J connectivity index is 2.16. The zero-order valence-corrected chi connectivity index (χ0v) is 8.13. The molecule has 1 aromatic rings. The molecule has 1 saturated heterocycles. The van der Waals surface area contributed by atoms with Crippen molar-refractivity contribution in [1.29, 1.82) is 0 Å². The first-order chi connectivity index (χ1) is 7.07. The predicted molar refractivity (Wildman–Crippen MR) is 53.1 cm³/mol. The summed E-state index contributed by atoms with van der Waals surface area (Å²) < 4.78 is 42.4. The van der Waals surface area contributed by atoms with Gasteiger partial charge in [0.25, 0.3) is 0 Å². The van der Waals surface area contributed by atoms with Gasteiger partial charge in [0.05, 0.1) is 6.10 Å². The summed E-state index contributed by atoms with van der Waals surface area (Å²) in [4.78, 5) is 0. The van der Waals surface area contributed by atoms with Crippen molar-refractivity contribution in [2.45, 2.75) is 18.9 Å². The molecule has 1 fully saturated rings. The molecule has 1 aliphatic rings. The number of hydrogen-bond donors (Lipinski definition) is 0. The lowest BCUT2D eigenvalue weighted by molar-refractivity contribution is 0.112. The van der Waals surface area contributed by atoms with E-state index >= 15 is 0 Å². The molecule has 15 heavy (non-hydrogen) atoms. The molecule has 5 heteroatoms. The van der Waals surface area contributed by atoms with Gasteiger partial charge in [0.2, 0.25) is 0 Å². The van der Waals surface area contributed by atoms with E-state index in [2.05, 4.69) is 0 Å². The van der Waals surface area contributed by atoms with E-state index < -0.39 is 12.4 Å². The van der Waals surface area contributed by atoms with Crippen molar-refractivity contribution in [3.8, 4) is 0 Å². The van der Waals surface area contributed by atoms with E-state index in [1.807, 2.05) is 0 Å². The molecule has 1 aromatic carbocycles. The van der Waals surface area contributed by atoms with Crippen molar-refractivity contribution in [2.75, 3.05) is 6.61 Å². The average Bonchev–Trinajstić information content (AvgIpc) is 2.69. The van der Waals surface area contributed by atoms with Crippen LogP contribution in [0.2, 0.25) is 0 Å². The molecule has 0 amide bonds. The smallest absolute Gasteiger partial charge is 0.445 e. The van der Waals surface area contributed by atoms with Gasteiger partial charge in [-0.05, 0) is 18.4 Å². The third kappa shape index (κ3) is 2.34. The van der Waals surface area contributed by atoms with Crippen LogP contribution in [-0.2, 0) is 4.74 Å².